The molecule has 0 radical (unpaired) electrons. The average Bonchev–Trinajstić information content (AvgIpc) is 3.07. The van der Waals surface area contributed by atoms with Gasteiger partial charge in [0, 0.05) is 6.42 Å². The number of carbonyl (C=O) groups is 1. The van der Waals surface area contributed by atoms with Gasteiger partial charge in [-0.3, -0.25) is 4.79 Å². The SMILES string of the molecule is CCCCCCCC/C=C\CCCCCCCCCC(=O)NC(COC1OC(CO)C(O)C(O)C1O)C(O)CCCCCCCCC. The molecule has 1 amide bonds. The Labute approximate surface area is 286 Å². The van der Waals surface area contributed by atoms with Crippen LogP contribution >= 0.6 is 0 Å². The van der Waals surface area contributed by atoms with Crippen molar-refractivity contribution < 1.29 is 39.8 Å². The van der Waals surface area contributed by atoms with Crippen LogP contribution in [0.25, 0.3) is 0 Å². The summed E-state index contributed by atoms with van der Waals surface area (Å²) in [5.41, 5.74) is 0. The average molecular weight is 672 g/mol. The van der Waals surface area contributed by atoms with Crippen LogP contribution in [0.3, 0.4) is 0 Å². The fraction of sp³-hybridized carbons (Fsp3) is 0.921. The number of ether oxygens (including phenoxy) is 2. The third-order valence-corrected chi connectivity index (χ3v) is 9.37. The first-order valence-electron chi connectivity index (χ1n) is 19.4. The van der Waals surface area contributed by atoms with Crippen molar-refractivity contribution in [3.8, 4) is 0 Å². The molecule has 7 unspecified atom stereocenters. The van der Waals surface area contributed by atoms with Crippen LogP contribution < -0.4 is 5.32 Å². The number of hydrogen-bond acceptors (Lipinski definition) is 8. The molecule has 1 heterocycles. The normalized spacial score (nSPS) is 22.9. The number of amides is 1. The van der Waals surface area contributed by atoms with Crippen molar-refractivity contribution in [3.05, 3.63) is 12.2 Å². The molecule has 0 aromatic rings. The summed E-state index contributed by atoms with van der Waals surface area (Å²) in [6, 6.07) is -0.713. The molecule has 7 atom stereocenters. The zero-order valence-electron chi connectivity index (χ0n) is 30.0. The van der Waals surface area contributed by atoms with E-state index < -0.39 is 49.5 Å². The third-order valence-electron chi connectivity index (χ3n) is 9.37. The third kappa shape index (κ3) is 21.6. The topological polar surface area (TPSA) is 149 Å². The minimum Gasteiger partial charge on any atom is -0.394 e. The fourth-order valence-corrected chi connectivity index (χ4v) is 6.15. The van der Waals surface area contributed by atoms with Crippen LogP contribution in [0.15, 0.2) is 12.2 Å². The second kappa shape index (κ2) is 29.8. The summed E-state index contributed by atoms with van der Waals surface area (Å²) in [6.07, 6.45) is 23.8. The summed E-state index contributed by atoms with van der Waals surface area (Å²) in [5, 5.41) is 53.8. The van der Waals surface area contributed by atoms with E-state index in [1.807, 2.05) is 0 Å². The number of nitrogens with one attached hydrogen (secondary N) is 1. The molecule has 1 aliphatic heterocycles. The number of aliphatic hydroxyl groups excluding tert-OH is 5. The van der Waals surface area contributed by atoms with Crippen molar-refractivity contribution in [2.24, 2.45) is 0 Å². The maximum Gasteiger partial charge on any atom is 0.220 e. The van der Waals surface area contributed by atoms with Gasteiger partial charge in [0.25, 0.3) is 0 Å². The number of unbranched alkanes of at least 4 members (excludes halogenated alkanes) is 19. The Hall–Kier alpha value is -1.07. The van der Waals surface area contributed by atoms with Crippen LogP contribution in [0, 0.1) is 0 Å². The van der Waals surface area contributed by atoms with Crippen LogP contribution in [0.4, 0.5) is 0 Å². The number of rotatable bonds is 31. The Kier molecular flexibility index (Phi) is 27.9. The molecule has 1 aliphatic rings. The summed E-state index contributed by atoms with van der Waals surface area (Å²) >= 11 is 0. The van der Waals surface area contributed by atoms with E-state index in [0.717, 1.165) is 38.5 Å². The quantitative estimate of drug-likeness (QED) is 0.0357. The zero-order valence-corrected chi connectivity index (χ0v) is 30.0. The van der Waals surface area contributed by atoms with Crippen LogP contribution in [0.2, 0.25) is 0 Å². The summed E-state index contributed by atoms with van der Waals surface area (Å²) in [4.78, 5) is 12.8. The highest BCUT2D eigenvalue weighted by Crippen LogP contribution is 2.23. The van der Waals surface area contributed by atoms with Gasteiger partial charge in [-0.15, -0.1) is 0 Å². The predicted molar refractivity (Wildman–Crippen MR) is 189 cm³/mol. The largest absolute Gasteiger partial charge is 0.394 e. The van der Waals surface area contributed by atoms with E-state index in [9.17, 15) is 30.3 Å². The maximum absolute atomic E-state index is 12.8. The molecule has 278 valence electrons. The van der Waals surface area contributed by atoms with Gasteiger partial charge < -0.3 is 40.3 Å². The molecule has 6 N–H and O–H groups in total. The molecule has 0 aliphatic carbocycles. The van der Waals surface area contributed by atoms with Crippen LogP contribution in [-0.4, -0.2) is 87.5 Å². The maximum atomic E-state index is 12.8. The number of hydrogen-bond donors (Lipinski definition) is 6. The molecule has 0 bridgehead atoms. The van der Waals surface area contributed by atoms with E-state index >= 15 is 0 Å². The number of carbonyl (C=O) groups excluding carboxylic acids is 1. The molecule has 0 aromatic carbocycles. The van der Waals surface area contributed by atoms with Gasteiger partial charge in [-0.1, -0.05) is 135 Å². The molecule has 9 nitrogen and oxygen atoms in total. The summed E-state index contributed by atoms with van der Waals surface area (Å²) in [5.74, 6) is -0.154. The fourth-order valence-electron chi connectivity index (χ4n) is 6.15. The van der Waals surface area contributed by atoms with E-state index in [1.54, 1.807) is 0 Å². The Balaban J connectivity index is 2.33. The van der Waals surface area contributed by atoms with Crippen LogP contribution in [0.5, 0.6) is 0 Å². The Bertz CT molecular complexity index is 751. The first-order chi connectivity index (χ1) is 22.8. The standard InChI is InChI=1S/C38H73NO8/c1-3-5-7-9-11-12-13-14-15-16-17-18-19-20-22-24-26-28-34(42)39-31(32(41)27-25-23-21-10-8-6-4-2)30-46-38-37(45)36(44)35(43)33(29-40)47-38/h14-15,31-33,35-38,40-41,43-45H,3-13,16-30H2,1-2H3,(H,39,42)/b15-14-. The van der Waals surface area contributed by atoms with Crippen molar-refractivity contribution in [3.63, 3.8) is 0 Å². The summed E-state index contributed by atoms with van der Waals surface area (Å²) < 4.78 is 11.2. The van der Waals surface area contributed by atoms with Crippen molar-refractivity contribution >= 4 is 5.91 Å². The summed E-state index contributed by atoms with van der Waals surface area (Å²) in [7, 11) is 0. The molecule has 0 saturated carbocycles. The second-order valence-corrected chi connectivity index (χ2v) is 13.7. The van der Waals surface area contributed by atoms with Gasteiger partial charge in [-0.05, 0) is 38.5 Å². The Morgan fingerprint density at radius 3 is 1.72 bits per heavy atom. The van der Waals surface area contributed by atoms with Crippen molar-refractivity contribution in [1.29, 1.82) is 0 Å². The van der Waals surface area contributed by atoms with Gasteiger partial charge in [0.1, 0.15) is 24.4 Å². The van der Waals surface area contributed by atoms with Gasteiger partial charge in [0.2, 0.25) is 5.91 Å². The van der Waals surface area contributed by atoms with Crippen molar-refractivity contribution in [2.75, 3.05) is 13.2 Å². The monoisotopic (exact) mass is 672 g/mol. The van der Waals surface area contributed by atoms with Gasteiger partial charge >= 0.3 is 0 Å². The second-order valence-electron chi connectivity index (χ2n) is 13.7. The molecular formula is C38H73NO8. The molecule has 1 saturated heterocycles. The lowest BCUT2D eigenvalue weighted by Crippen LogP contribution is -2.60. The lowest BCUT2D eigenvalue weighted by molar-refractivity contribution is -0.302. The summed E-state index contributed by atoms with van der Waals surface area (Å²) in [6.45, 7) is 3.76. The van der Waals surface area contributed by atoms with E-state index in [2.05, 4.69) is 31.3 Å². The van der Waals surface area contributed by atoms with Gasteiger partial charge in [-0.2, -0.15) is 0 Å². The van der Waals surface area contributed by atoms with Crippen molar-refractivity contribution in [1.82, 2.24) is 5.32 Å². The highest BCUT2D eigenvalue weighted by Gasteiger charge is 2.44. The first-order valence-corrected chi connectivity index (χ1v) is 19.4. The molecule has 9 heteroatoms. The number of aliphatic hydroxyl groups is 5. The zero-order chi connectivity index (χ0) is 34.5. The van der Waals surface area contributed by atoms with Crippen LogP contribution in [0.1, 0.15) is 168 Å². The van der Waals surface area contributed by atoms with E-state index in [-0.39, 0.29) is 12.5 Å². The highest BCUT2D eigenvalue weighted by atomic mass is 16.7. The predicted octanol–water partition coefficient (Wildman–Crippen LogP) is 6.61. The minimum atomic E-state index is -1.55. The van der Waals surface area contributed by atoms with Crippen LogP contribution in [-0.2, 0) is 14.3 Å². The van der Waals surface area contributed by atoms with Gasteiger partial charge in [0.15, 0.2) is 6.29 Å². The molecule has 47 heavy (non-hydrogen) atoms. The number of allylic oxidation sites excluding steroid dienone is 2. The van der Waals surface area contributed by atoms with E-state index in [4.69, 9.17) is 9.47 Å². The molecule has 0 aromatic heterocycles. The van der Waals surface area contributed by atoms with Crippen molar-refractivity contribution in [2.45, 2.75) is 211 Å². The van der Waals surface area contributed by atoms with Gasteiger partial charge in [0.05, 0.1) is 25.4 Å². The van der Waals surface area contributed by atoms with E-state index in [1.165, 1.54) is 103 Å². The highest BCUT2D eigenvalue weighted by molar-refractivity contribution is 5.76. The molecular weight excluding hydrogens is 598 g/mol. The smallest absolute Gasteiger partial charge is 0.220 e. The molecule has 1 rings (SSSR count). The first kappa shape index (κ1) is 44.0. The lowest BCUT2D eigenvalue weighted by atomic mass is 9.99. The van der Waals surface area contributed by atoms with E-state index in [0.29, 0.717) is 12.8 Å². The molecule has 1 fully saturated rings. The van der Waals surface area contributed by atoms with Gasteiger partial charge in [-0.25, -0.2) is 0 Å². The molecule has 0 spiro atoms. The Morgan fingerprint density at radius 2 is 1.19 bits per heavy atom. The lowest BCUT2D eigenvalue weighted by Gasteiger charge is -2.40. The Morgan fingerprint density at radius 1 is 0.702 bits per heavy atom. The minimum absolute atomic E-state index is 0.139.